The first-order valence-electron chi connectivity index (χ1n) is 10.4. The number of aromatic nitrogens is 2. The van der Waals surface area contributed by atoms with Gasteiger partial charge in [-0.25, -0.2) is 19.2 Å². The molecule has 2 amide bonds. The number of piperidine rings is 1. The quantitative estimate of drug-likeness (QED) is 0.707. The van der Waals surface area contributed by atoms with Gasteiger partial charge in [-0.3, -0.25) is 4.79 Å². The molecule has 2 N–H and O–H groups in total. The van der Waals surface area contributed by atoms with Crippen LogP contribution in [0.15, 0.2) is 24.3 Å². The number of carboxylic acid groups (broad SMARTS) is 1. The molecular weight excluding hydrogens is 405 g/mol. The summed E-state index contributed by atoms with van der Waals surface area (Å²) in [7, 11) is 0. The molecule has 0 saturated carbocycles. The van der Waals surface area contributed by atoms with Gasteiger partial charge in [0.1, 0.15) is 6.61 Å². The van der Waals surface area contributed by atoms with Gasteiger partial charge in [0.05, 0.1) is 24.1 Å². The molecule has 1 spiro atoms. The molecule has 2 aliphatic heterocycles. The standard InChI is InChI=1S/C21H30FN5O4/c1-20(2,3)27-9-6-21(17(27)28)4-7-26(8-5-21)18-23-12-16(13-24-18)31-14-15(10-22)11-25-19(29)30/h10,12-13,25H,4-9,11,14H2,1-3H3,(H,29,30)/b15-10+. The van der Waals surface area contributed by atoms with Crippen molar-refractivity contribution in [2.45, 2.75) is 45.6 Å². The van der Waals surface area contributed by atoms with E-state index in [4.69, 9.17) is 9.84 Å². The maximum absolute atomic E-state index is 13.0. The molecule has 0 aromatic carbocycles. The first-order valence-corrected chi connectivity index (χ1v) is 10.4. The number of likely N-dealkylation sites (tertiary alicyclic amines) is 1. The molecule has 0 unspecified atom stereocenters. The normalized spacial score (nSPS) is 19.1. The lowest BCUT2D eigenvalue weighted by molar-refractivity contribution is -0.140. The van der Waals surface area contributed by atoms with E-state index < -0.39 is 6.09 Å². The van der Waals surface area contributed by atoms with Gasteiger partial charge < -0.3 is 25.0 Å². The Morgan fingerprint density at radius 3 is 2.39 bits per heavy atom. The van der Waals surface area contributed by atoms with Gasteiger partial charge in [-0.1, -0.05) is 0 Å². The van der Waals surface area contributed by atoms with Crippen LogP contribution < -0.4 is 15.0 Å². The van der Waals surface area contributed by atoms with Crippen LogP contribution >= 0.6 is 0 Å². The number of ether oxygens (including phenoxy) is 1. The fourth-order valence-corrected chi connectivity index (χ4v) is 4.09. The van der Waals surface area contributed by atoms with Crippen LogP contribution in [-0.2, 0) is 4.79 Å². The summed E-state index contributed by atoms with van der Waals surface area (Å²) in [5.41, 5.74) is -0.276. The fourth-order valence-electron chi connectivity index (χ4n) is 4.09. The first kappa shape index (κ1) is 22.8. The number of halogens is 1. The first-order chi connectivity index (χ1) is 14.6. The number of hydrogen-bond acceptors (Lipinski definition) is 6. The van der Waals surface area contributed by atoms with Crippen LogP contribution in [0, 0.1) is 5.41 Å². The number of amides is 2. The van der Waals surface area contributed by atoms with Crippen LogP contribution in [0.1, 0.15) is 40.0 Å². The molecular formula is C21H30FN5O4. The highest BCUT2D eigenvalue weighted by atomic mass is 19.1. The van der Waals surface area contributed by atoms with Crippen molar-refractivity contribution < 1.29 is 23.8 Å². The molecule has 0 bridgehead atoms. The van der Waals surface area contributed by atoms with Gasteiger partial charge in [-0.05, 0) is 40.0 Å². The number of hydrogen-bond donors (Lipinski definition) is 2. The smallest absolute Gasteiger partial charge is 0.404 e. The van der Waals surface area contributed by atoms with Crippen LogP contribution in [-0.4, -0.2) is 70.3 Å². The molecule has 2 fully saturated rings. The third-order valence-corrected chi connectivity index (χ3v) is 5.99. The lowest BCUT2D eigenvalue weighted by atomic mass is 9.77. The zero-order valence-electron chi connectivity index (χ0n) is 18.2. The minimum absolute atomic E-state index is 0.113. The largest absolute Gasteiger partial charge is 0.486 e. The van der Waals surface area contributed by atoms with Crippen LogP contribution in [0.5, 0.6) is 5.75 Å². The molecule has 0 radical (unpaired) electrons. The number of rotatable bonds is 6. The predicted octanol–water partition coefficient (Wildman–Crippen LogP) is 2.59. The Kier molecular flexibility index (Phi) is 6.66. The van der Waals surface area contributed by atoms with Gasteiger partial charge in [-0.15, -0.1) is 0 Å². The van der Waals surface area contributed by atoms with E-state index in [2.05, 4.69) is 41.0 Å². The van der Waals surface area contributed by atoms with Gasteiger partial charge in [-0.2, -0.15) is 0 Å². The second kappa shape index (κ2) is 9.07. The molecule has 3 rings (SSSR count). The SMILES string of the molecule is CC(C)(C)N1CCC2(CCN(c3ncc(OC/C(=C/F)CNC(=O)O)cn3)CC2)C1=O. The van der Waals surface area contributed by atoms with Crippen molar-refractivity contribution in [3.05, 3.63) is 24.3 Å². The predicted molar refractivity (Wildman–Crippen MR) is 113 cm³/mol. The van der Waals surface area contributed by atoms with E-state index in [1.807, 2.05) is 4.90 Å². The Labute approximate surface area is 181 Å². The molecule has 2 aliphatic rings. The van der Waals surface area contributed by atoms with E-state index >= 15 is 0 Å². The van der Waals surface area contributed by atoms with Crippen LogP contribution in [0.3, 0.4) is 0 Å². The number of carbonyl (C=O) groups excluding carboxylic acids is 1. The maximum atomic E-state index is 13.0. The molecule has 1 aromatic heterocycles. The summed E-state index contributed by atoms with van der Waals surface area (Å²) in [6.07, 6.45) is 4.55. The molecule has 10 heteroatoms. The Balaban J connectivity index is 1.53. The fraction of sp³-hybridized carbons (Fsp3) is 0.619. The summed E-state index contributed by atoms with van der Waals surface area (Å²) < 4.78 is 18.3. The van der Waals surface area contributed by atoms with Gasteiger partial charge in [0.15, 0.2) is 5.75 Å². The van der Waals surface area contributed by atoms with Crippen molar-refractivity contribution in [1.29, 1.82) is 0 Å². The number of nitrogens with zero attached hydrogens (tertiary/aromatic N) is 4. The summed E-state index contributed by atoms with van der Waals surface area (Å²) in [5, 5.41) is 10.7. The highest BCUT2D eigenvalue weighted by molar-refractivity contribution is 5.85. The Morgan fingerprint density at radius 2 is 1.87 bits per heavy atom. The average Bonchev–Trinajstić information content (AvgIpc) is 3.05. The minimum Gasteiger partial charge on any atom is -0.486 e. The van der Waals surface area contributed by atoms with Crippen LogP contribution in [0.25, 0.3) is 0 Å². The molecule has 9 nitrogen and oxygen atoms in total. The maximum Gasteiger partial charge on any atom is 0.404 e. The van der Waals surface area contributed by atoms with Crippen molar-refractivity contribution in [1.82, 2.24) is 20.2 Å². The monoisotopic (exact) mass is 435 g/mol. The van der Waals surface area contributed by atoms with Crippen molar-refractivity contribution in [3.8, 4) is 5.75 Å². The van der Waals surface area contributed by atoms with E-state index in [9.17, 15) is 14.0 Å². The van der Waals surface area contributed by atoms with Crippen molar-refractivity contribution in [2.75, 3.05) is 37.7 Å². The van der Waals surface area contributed by atoms with Gasteiger partial charge >= 0.3 is 6.09 Å². The van der Waals surface area contributed by atoms with E-state index in [1.54, 1.807) is 0 Å². The van der Waals surface area contributed by atoms with Gasteiger partial charge in [0.2, 0.25) is 11.9 Å². The van der Waals surface area contributed by atoms with E-state index in [0.717, 1.165) is 25.8 Å². The molecule has 31 heavy (non-hydrogen) atoms. The summed E-state index contributed by atoms with van der Waals surface area (Å²) >= 11 is 0. The molecule has 0 aliphatic carbocycles. The third-order valence-electron chi connectivity index (χ3n) is 5.99. The van der Waals surface area contributed by atoms with Crippen molar-refractivity contribution in [3.63, 3.8) is 0 Å². The zero-order valence-corrected chi connectivity index (χ0v) is 18.2. The summed E-state index contributed by atoms with van der Waals surface area (Å²) in [4.78, 5) is 36.3. The minimum atomic E-state index is -1.24. The van der Waals surface area contributed by atoms with E-state index in [-0.39, 0.29) is 35.6 Å². The molecule has 1 aromatic rings. The Hall–Kier alpha value is -2.91. The molecule has 3 heterocycles. The molecule has 170 valence electrons. The summed E-state index contributed by atoms with van der Waals surface area (Å²) in [6, 6.07) is 0. The highest BCUT2D eigenvalue weighted by Crippen LogP contribution is 2.44. The summed E-state index contributed by atoms with van der Waals surface area (Å²) in [5.74, 6) is 1.19. The number of carbonyl (C=O) groups is 2. The Bertz CT molecular complexity index is 829. The third kappa shape index (κ3) is 5.23. The number of anilines is 1. The van der Waals surface area contributed by atoms with E-state index in [0.29, 0.717) is 31.1 Å². The highest BCUT2D eigenvalue weighted by Gasteiger charge is 2.50. The van der Waals surface area contributed by atoms with E-state index in [1.165, 1.54) is 12.4 Å². The second-order valence-corrected chi connectivity index (χ2v) is 9.08. The second-order valence-electron chi connectivity index (χ2n) is 9.08. The lowest BCUT2D eigenvalue weighted by Gasteiger charge is -2.39. The van der Waals surface area contributed by atoms with Gasteiger partial charge in [0.25, 0.3) is 0 Å². The average molecular weight is 436 g/mol. The van der Waals surface area contributed by atoms with Crippen LogP contribution in [0.2, 0.25) is 0 Å². The molecule has 2 saturated heterocycles. The topological polar surface area (TPSA) is 108 Å². The zero-order chi connectivity index (χ0) is 22.6. The van der Waals surface area contributed by atoms with Crippen molar-refractivity contribution in [2.24, 2.45) is 5.41 Å². The van der Waals surface area contributed by atoms with Crippen molar-refractivity contribution >= 4 is 17.9 Å². The Morgan fingerprint density at radius 1 is 1.26 bits per heavy atom. The summed E-state index contributed by atoms with van der Waals surface area (Å²) in [6.45, 7) is 8.17. The lowest BCUT2D eigenvalue weighted by Crippen LogP contribution is -2.49. The number of nitrogens with one attached hydrogen (secondary N) is 1. The van der Waals surface area contributed by atoms with Gasteiger partial charge in [0, 0.05) is 37.3 Å². The van der Waals surface area contributed by atoms with Crippen LogP contribution in [0.4, 0.5) is 15.1 Å². The molecule has 0 atom stereocenters.